The molecule has 8 nitrogen and oxygen atoms in total. The van der Waals surface area contributed by atoms with Gasteiger partial charge in [0.1, 0.15) is 17.5 Å². The molecule has 0 bridgehead atoms. The summed E-state index contributed by atoms with van der Waals surface area (Å²) in [5, 5.41) is 3.94. The van der Waals surface area contributed by atoms with Crippen molar-refractivity contribution >= 4 is 41.6 Å². The fourth-order valence-corrected chi connectivity index (χ4v) is 7.43. The van der Waals surface area contributed by atoms with E-state index in [1.807, 2.05) is 48.5 Å². The predicted molar refractivity (Wildman–Crippen MR) is 183 cm³/mol. The fourth-order valence-electron chi connectivity index (χ4n) is 6.12. The molecule has 0 unspecified atom stereocenters. The molecule has 3 aromatic carbocycles. The van der Waals surface area contributed by atoms with Crippen LogP contribution in [0.4, 0.5) is 10.6 Å². The van der Waals surface area contributed by atoms with Gasteiger partial charge in [-0.05, 0) is 75.3 Å². The normalized spacial score (nSPS) is 13.9. The third kappa shape index (κ3) is 6.60. The smallest absolute Gasteiger partial charge is 0.407 e. The second-order valence-corrected chi connectivity index (χ2v) is 12.7. The van der Waals surface area contributed by atoms with Crippen LogP contribution in [0.25, 0.3) is 22.3 Å². The summed E-state index contributed by atoms with van der Waals surface area (Å²) >= 11 is 8.24. The molecule has 1 aliphatic heterocycles. The van der Waals surface area contributed by atoms with E-state index in [0.29, 0.717) is 33.7 Å². The summed E-state index contributed by atoms with van der Waals surface area (Å²) in [5.74, 6) is 0.818. The number of aromatic nitrogens is 2. The van der Waals surface area contributed by atoms with Gasteiger partial charge in [-0.3, -0.25) is 4.79 Å². The molecule has 1 N–H and O–H groups in total. The Labute approximate surface area is 282 Å². The number of rotatable bonds is 9. The van der Waals surface area contributed by atoms with Gasteiger partial charge in [0.05, 0.1) is 18.2 Å². The number of amides is 1. The van der Waals surface area contributed by atoms with Crippen LogP contribution in [0.5, 0.6) is 0 Å². The monoisotopic (exact) mass is 662 g/mol. The maximum Gasteiger partial charge on any atom is 0.407 e. The lowest BCUT2D eigenvalue weighted by molar-refractivity contribution is 0.112. The fraction of sp³-hybridized carbons (Fsp3) is 0.189. The van der Waals surface area contributed by atoms with Gasteiger partial charge in [0, 0.05) is 48.4 Å². The van der Waals surface area contributed by atoms with E-state index < -0.39 is 6.09 Å². The summed E-state index contributed by atoms with van der Waals surface area (Å²) in [6.45, 7) is 3.21. The minimum absolute atomic E-state index is 0.0460. The Morgan fingerprint density at radius 3 is 2.43 bits per heavy atom. The van der Waals surface area contributed by atoms with Crippen molar-refractivity contribution in [1.29, 1.82) is 0 Å². The van der Waals surface area contributed by atoms with E-state index in [9.17, 15) is 9.59 Å². The van der Waals surface area contributed by atoms with Gasteiger partial charge in [0.15, 0.2) is 6.29 Å². The molecular weight excluding hydrogens is 632 g/mol. The number of nitrogens with one attached hydrogen (secondary N) is 1. The van der Waals surface area contributed by atoms with Crippen LogP contribution in [0.15, 0.2) is 107 Å². The van der Waals surface area contributed by atoms with E-state index >= 15 is 0 Å². The van der Waals surface area contributed by atoms with Crippen LogP contribution < -0.4 is 10.2 Å². The number of fused-ring (bicyclic) bond motifs is 3. The van der Waals surface area contributed by atoms with Crippen molar-refractivity contribution in [3.63, 3.8) is 0 Å². The summed E-state index contributed by atoms with van der Waals surface area (Å²) in [5.41, 5.74) is 7.66. The maximum absolute atomic E-state index is 13.2. The number of anilines is 1. The van der Waals surface area contributed by atoms with Gasteiger partial charge in [-0.1, -0.05) is 71.9 Å². The average molecular weight is 663 g/mol. The van der Waals surface area contributed by atoms with Gasteiger partial charge < -0.3 is 19.7 Å². The number of aldehydes is 1. The Bertz CT molecular complexity index is 1900. The van der Waals surface area contributed by atoms with E-state index in [1.54, 1.807) is 24.5 Å². The van der Waals surface area contributed by atoms with Crippen LogP contribution >= 0.6 is 23.4 Å². The molecule has 5 aromatic rings. The second-order valence-electron chi connectivity index (χ2n) is 11.2. The number of halogens is 1. The average Bonchev–Trinajstić information content (AvgIpc) is 3.45. The quantitative estimate of drug-likeness (QED) is 0.161. The van der Waals surface area contributed by atoms with Gasteiger partial charge in [-0.2, -0.15) is 0 Å². The van der Waals surface area contributed by atoms with Crippen LogP contribution in [0.1, 0.15) is 33.0 Å². The third-order valence-electron chi connectivity index (χ3n) is 8.43. The zero-order valence-electron chi connectivity index (χ0n) is 25.4. The Kier molecular flexibility index (Phi) is 9.19. The molecule has 1 aliphatic carbocycles. The molecule has 1 fully saturated rings. The van der Waals surface area contributed by atoms with Gasteiger partial charge >= 0.3 is 6.09 Å². The SMILES string of the molecule is O=Cc1cccnc1Sc1c(Cl)cc(-c2ccnc(N3CCOCC3)c2)cc1CNC(=O)OCC1c2ccccc2-c2ccccc21. The molecule has 2 aliphatic rings. The number of nitrogens with zero attached hydrogens (tertiary/aromatic N) is 3. The molecule has 0 saturated carbocycles. The molecular formula is C37H31ClN4O4S. The summed E-state index contributed by atoms with van der Waals surface area (Å²) in [7, 11) is 0. The number of carbonyl (C=O) groups is 2. The molecule has 0 atom stereocenters. The molecule has 0 spiro atoms. The summed E-state index contributed by atoms with van der Waals surface area (Å²) in [6, 6.07) is 27.8. The zero-order chi connectivity index (χ0) is 32.2. The summed E-state index contributed by atoms with van der Waals surface area (Å²) in [6.07, 6.45) is 3.66. The predicted octanol–water partition coefficient (Wildman–Crippen LogP) is 7.64. The lowest BCUT2D eigenvalue weighted by Gasteiger charge is -2.28. The van der Waals surface area contributed by atoms with Crippen molar-refractivity contribution in [1.82, 2.24) is 15.3 Å². The van der Waals surface area contributed by atoms with E-state index in [0.717, 1.165) is 53.0 Å². The minimum Gasteiger partial charge on any atom is -0.449 e. The molecule has 1 saturated heterocycles. The number of benzene rings is 3. The Hall–Kier alpha value is -4.70. The highest BCUT2D eigenvalue weighted by Crippen LogP contribution is 2.44. The molecule has 10 heteroatoms. The van der Waals surface area contributed by atoms with E-state index in [-0.39, 0.29) is 19.1 Å². The number of carbonyl (C=O) groups excluding carboxylic acids is 2. The van der Waals surface area contributed by atoms with E-state index in [1.165, 1.54) is 22.9 Å². The number of morpholine rings is 1. The second kappa shape index (κ2) is 14.0. The Morgan fingerprint density at radius 2 is 1.68 bits per heavy atom. The highest BCUT2D eigenvalue weighted by Gasteiger charge is 2.29. The van der Waals surface area contributed by atoms with Gasteiger partial charge in [-0.25, -0.2) is 14.8 Å². The lowest BCUT2D eigenvalue weighted by Crippen LogP contribution is -2.36. The molecule has 1 amide bonds. The van der Waals surface area contributed by atoms with Crippen LogP contribution in [-0.2, 0) is 16.0 Å². The van der Waals surface area contributed by atoms with Crippen molar-refractivity contribution < 1.29 is 19.1 Å². The maximum atomic E-state index is 13.2. The topological polar surface area (TPSA) is 93.7 Å². The van der Waals surface area contributed by atoms with Gasteiger partial charge in [0.2, 0.25) is 0 Å². The summed E-state index contributed by atoms with van der Waals surface area (Å²) < 4.78 is 11.3. The zero-order valence-corrected chi connectivity index (χ0v) is 27.0. The summed E-state index contributed by atoms with van der Waals surface area (Å²) in [4.78, 5) is 36.8. The first-order valence-electron chi connectivity index (χ1n) is 15.4. The van der Waals surface area contributed by atoms with Gasteiger partial charge in [0.25, 0.3) is 0 Å². The van der Waals surface area contributed by atoms with Crippen molar-refractivity contribution in [2.45, 2.75) is 22.4 Å². The minimum atomic E-state index is -0.533. The Balaban J connectivity index is 1.14. The standard InChI is InChI=1S/C37H31ClN4O4S/c38-33-19-26(24-11-13-39-34(20-24)42-14-16-45-17-15-42)18-27(35(33)47-36-25(22-43)6-5-12-40-36)21-41-37(44)46-23-32-30-9-3-1-7-28(30)29-8-2-4-10-31(29)32/h1-13,18-20,22,32H,14-17,21,23H2,(H,41,44). The highest BCUT2D eigenvalue weighted by molar-refractivity contribution is 7.99. The molecule has 0 radical (unpaired) electrons. The largest absolute Gasteiger partial charge is 0.449 e. The first-order valence-corrected chi connectivity index (χ1v) is 16.6. The molecule has 236 valence electrons. The Morgan fingerprint density at radius 1 is 0.936 bits per heavy atom. The first-order chi connectivity index (χ1) is 23.1. The van der Waals surface area contributed by atoms with Crippen LogP contribution in [0.2, 0.25) is 5.02 Å². The highest BCUT2D eigenvalue weighted by atomic mass is 35.5. The number of hydrogen-bond donors (Lipinski definition) is 1. The number of alkyl carbamates (subject to hydrolysis) is 1. The van der Waals surface area contributed by atoms with Gasteiger partial charge in [-0.15, -0.1) is 0 Å². The van der Waals surface area contributed by atoms with Crippen molar-refractivity contribution in [3.05, 3.63) is 125 Å². The molecule has 3 heterocycles. The molecule has 7 rings (SSSR count). The third-order valence-corrected chi connectivity index (χ3v) is 10.1. The lowest BCUT2D eigenvalue weighted by atomic mass is 9.98. The molecule has 47 heavy (non-hydrogen) atoms. The van der Waals surface area contributed by atoms with Crippen LogP contribution in [0.3, 0.4) is 0 Å². The van der Waals surface area contributed by atoms with Crippen molar-refractivity contribution in [2.24, 2.45) is 0 Å². The molecule has 2 aromatic heterocycles. The van der Waals surface area contributed by atoms with Crippen molar-refractivity contribution in [2.75, 3.05) is 37.8 Å². The first kappa shape index (κ1) is 30.9. The van der Waals surface area contributed by atoms with E-state index in [2.05, 4.69) is 44.5 Å². The number of hydrogen-bond acceptors (Lipinski definition) is 8. The van der Waals surface area contributed by atoms with Crippen molar-refractivity contribution in [3.8, 4) is 22.3 Å². The van der Waals surface area contributed by atoms with E-state index in [4.69, 9.17) is 21.1 Å². The number of pyridine rings is 2. The number of ether oxygens (including phenoxy) is 2. The van der Waals surface area contributed by atoms with Crippen LogP contribution in [-0.4, -0.2) is 55.3 Å². The van der Waals surface area contributed by atoms with Crippen LogP contribution in [0, 0.1) is 0 Å².